The monoisotopic (exact) mass is 447 g/mol. The molecule has 2 aliphatic rings. The molecule has 1 aliphatic heterocycles. The van der Waals surface area contributed by atoms with E-state index >= 15 is 0 Å². The number of anilines is 1. The molecule has 1 saturated heterocycles. The summed E-state index contributed by atoms with van der Waals surface area (Å²) in [6.45, 7) is 8.21. The van der Waals surface area contributed by atoms with E-state index in [4.69, 9.17) is 9.84 Å². The molecule has 3 rings (SSSR count). The van der Waals surface area contributed by atoms with Crippen molar-refractivity contribution in [1.29, 1.82) is 0 Å². The maximum atomic E-state index is 13.4. The smallest absolute Gasteiger partial charge is 0.416 e. The lowest BCUT2D eigenvalue weighted by Crippen LogP contribution is -2.45. The third-order valence-electron chi connectivity index (χ3n) is 5.96. The summed E-state index contributed by atoms with van der Waals surface area (Å²) in [6, 6.07) is 3.09. The van der Waals surface area contributed by atoms with Crippen molar-refractivity contribution in [3.8, 4) is 0 Å². The Balaban J connectivity index is 1.76. The highest BCUT2D eigenvalue weighted by atomic mass is 19.1. The molecule has 0 aromatic carbocycles. The van der Waals surface area contributed by atoms with Crippen molar-refractivity contribution < 1.29 is 23.8 Å². The first-order valence-corrected chi connectivity index (χ1v) is 11.4. The van der Waals surface area contributed by atoms with Crippen LogP contribution in [0.2, 0.25) is 0 Å². The first-order chi connectivity index (χ1) is 15.1. The molecule has 1 aliphatic carbocycles. The molecule has 8 heteroatoms. The van der Waals surface area contributed by atoms with Gasteiger partial charge < -0.3 is 14.7 Å². The van der Waals surface area contributed by atoms with Gasteiger partial charge in [-0.05, 0) is 69.7 Å². The maximum absolute atomic E-state index is 13.4. The number of carboxylic acids is 1. The van der Waals surface area contributed by atoms with Crippen LogP contribution in [0.3, 0.4) is 0 Å². The predicted molar refractivity (Wildman–Crippen MR) is 121 cm³/mol. The number of hydrogen-bond donors (Lipinski definition) is 1. The fraction of sp³-hybridized carbons (Fsp3) is 0.625. The number of nitrogens with zero attached hydrogens (tertiary/aromatic N) is 3. The number of hydrogen-bond acceptors (Lipinski definition) is 5. The summed E-state index contributed by atoms with van der Waals surface area (Å²) in [5.41, 5.74) is -0.341. The van der Waals surface area contributed by atoms with Crippen LogP contribution in [0.15, 0.2) is 24.2 Å². The van der Waals surface area contributed by atoms with E-state index in [0.29, 0.717) is 11.4 Å². The van der Waals surface area contributed by atoms with Gasteiger partial charge in [-0.3, -0.25) is 4.90 Å². The third-order valence-corrected chi connectivity index (χ3v) is 5.96. The van der Waals surface area contributed by atoms with Gasteiger partial charge in [0, 0.05) is 25.8 Å². The summed E-state index contributed by atoms with van der Waals surface area (Å²) < 4.78 is 19.1. The third kappa shape index (κ3) is 6.76. The van der Waals surface area contributed by atoms with E-state index in [2.05, 4.69) is 9.88 Å². The zero-order valence-corrected chi connectivity index (χ0v) is 19.2. The molecule has 0 unspecified atom stereocenters. The minimum absolute atomic E-state index is 0.0712. The molecule has 1 atom stereocenters. The van der Waals surface area contributed by atoms with Gasteiger partial charge in [0.25, 0.3) is 0 Å². The van der Waals surface area contributed by atoms with Crippen LogP contribution in [0.4, 0.5) is 15.0 Å². The molecule has 1 aromatic heterocycles. The highest BCUT2D eigenvalue weighted by molar-refractivity contribution is 5.90. The number of carbonyl (C=O) groups is 2. The normalized spacial score (nSPS) is 20.9. The molecule has 176 valence electrons. The average Bonchev–Trinajstić information content (AvgIpc) is 3.16. The molecule has 32 heavy (non-hydrogen) atoms. The van der Waals surface area contributed by atoms with Crippen molar-refractivity contribution in [2.75, 3.05) is 24.5 Å². The molecule has 7 nitrogen and oxygen atoms in total. The zero-order valence-electron chi connectivity index (χ0n) is 19.2. The Morgan fingerprint density at radius 1 is 1.25 bits per heavy atom. The van der Waals surface area contributed by atoms with Crippen molar-refractivity contribution in [2.45, 2.75) is 70.9 Å². The molecule has 1 aromatic rings. The van der Waals surface area contributed by atoms with E-state index in [0.717, 1.165) is 38.0 Å². The highest BCUT2D eigenvalue weighted by Gasteiger charge is 2.35. The first kappa shape index (κ1) is 24.2. The van der Waals surface area contributed by atoms with Gasteiger partial charge in [0.05, 0.1) is 6.04 Å². The fourth-order valence-corrected chi connectivity index (χ4v) is 4.50. The fourth-order valence-electron chi connectivity index (χ4n) is 4.50. The van der Waals surface area contributed by atoms with Gasteiger partial charge in [0.15, 0.2) is 0 Å². The number of pyridine rings is 1. The molecule has 2 fully saturated rings. The lowest BCUT2D eigenvalue weighted by molar-refractivity contribution is -0.134. The van der Waals surface area contributed by atoms with Crippen LogP contribution >= 0.6 is 0 Å². The Hall–Kier alpha value is -2.48. The SMILES string of the molecule is CC(C)(C)OC(=O)N(c1ccc(C=C(F)C(=O)O)cn1)[C@@H]1CCN(CC2CCCCC2)C1. The molecule has 1 N–H and O–H groups in total. The predicted octanol–water partition coefficient (Wildman–Crippen LogP) is 4.87. The second kappa shape index (κ2) is 10.4. The minimum atomic E-state index is -1.63. The van der Waals surface area contributed by atoms with Gasteiger partial charge in [0.2, 0.25) is 5.83 Å². The van der Waals surface area contributed by atoms with E-state index in [-0.39, 0.29) is 6.04 Å². The van der Waals surface area contributed by atoms with Crippen LogP contribution < -0.4 is 4.90 Å². The number of carbonyl (C=O) groups excluding carboxylic acids is 1. The van der Waals surface area contributed by atoms with Crippen LogP contribution in [0.1, 0.15) is 64.9 Å². The summed E-state index contributed by atoms with van der Waals surface area (Å²) in [5, 5.41) is 8.72. The van der Waals surface area contributed by atoms with E-state index in [1.807, 2.05) is 20.8 Å². The summed E-state index contributed by atoms with van der Waals surface area (Å²) in [5.74, 6) is -1.76. The van der Waals surface area contributed by atoms with E-state index in [1.165, 1.54) is 38.3 Å². The van der Waals surface area contributed by atoms with Crippen molar-refractivity contribution in [2.24, 2.45) is 5.92 Å². The van der Waals surface area contributed by atoms with Gasteiger partial charge >= 0.3 is 12.1 Å². The van der Waals surface area contributed by atoms with Crippen molar-refractivity contribution >= 4 is 24.0 Å². The quantitative estimate of drug-likeness (QED) is 0.626. The molecular weight excluding hydrogens is 413 g/mol. The largest absolute Gasteiger partial charge is 0.476 e. The van der Waals surface area contributed by atoms with E-state index < -0.39 is 23.5 Å². The lowest BCUT2D eigenvalue weighted by Gasteiger charge is -2.31. The van der Waals surface area contributed by atoms with Crippen molar-refractivity contribution in [3.05, 3.63) is 29.7 Å². The summed E-state index contributed by atoms with van der Waals surface area (Å²) in [7, 11) is 0. The minimum Gasteiger partial charge on any atom is -0.476 e. The highest BCUT2D eigenvalue weighted by Crippen LogP contribution is 2.29. The Morgan fingerprint density at radius 3 is 2.56 bits per heavy atom. The Kier molecular flexibility index (Phi) is 7.87. The van der Waals surface area contributed by atoms with Gasteiger partial charge in [-0.1, -0.05) is 19.3 Å². The van der Waals surface area contributed by atoms with E-state index in [1.54, 1.807) is 17.0 Å². The summed E-state index contributed by atoms with van der Waals surface area (Å²) in [6.07, 6.45) is 9.12. The van der Waals surface area contributed by atoms with Crippen LogP contribution in [0.25, 0.3) is 6.08 Å². The standard InChI is InChI=1S/C24H34FN3O4/c1-24(2,3)32-23(31)28(21-10-9-18(14-26-21)13-20(25)22(29)30)19-11-12-27(16-19)15-17-7-5-4-6-8-17/h9-10,13-14,17,19H,4-8,11-12,15-16H2,1-3H3,(H,29,30)/t19-/m1/s1. The number of carboxylic acid groups (broad SMARTS) is 1. The van der Waals surface area contributed by atoms with Gasteiger partial charge in [-0.25, -0.2) is 14.6 Å². The first-order valence-electron chi connectivity index (χ1n) is 11.4. The number of aromatic nitrogens is 1. The molecular formula is C24H34FN3O4. The van der Waals surface area contributed by atoms with E-state index in [9.17, 15) is 14.0 Å². The zero-order chi connectivity index (χ0) is 23.3. The van der Waals surface area contributed by atoms with Crippen LogP contribution in [-0.4, -0.2) is 58.3 Å². The lowest BCUT2D eigenvalue weighted by atomic mass is 9.89. The molecule has 2 heterocycles. The molecule has 0 bridgehead atoms. The number of likely N-dealkylation sites (tertiary alicyclic amines) is 1. The number of halogens is 1. The molecule has 0 spiro atoms. The van der Waals surface area contributed by atoms with Crippen molar-refractivity contribution in [1.82, 2.24) is 9.88 Å². The van der Waals surface area contributed by atoms with Gasteiger partial charge in [-0.15, -0.1) is 0 Å². The topological polar surface area (TPSA) is 83.0 Å². The molecule has 1 amide bonds. The number of ether oxygens (including phenoxy) is 1. The number of rotatable bonds is 6. The molecule has 1 saturated carbocycles. The Morgan fingerprint density at radius 2 is 1.97 bits per heavy atom. The Labute approximate surface area is 189 Å². The summed E-state index contributed by atoms with van der Waals surface area (Å²) >= 11 is 0. The number of amides is 1. The Bertz CT molecular complexity index is 829. The number of aliphatic carboxylic acids is 1. The van der Waals surface area contributed by atoms with Crippen molar-refractivity contribution in [3.63, 3.8) is 0 Å². The average molecular weight is 448 g/mol. The second-order valence-electron chi connectivity index (χ2n) is 9.80. The van der Waals surface area contributed by atoms with Crippen LogP contribution in [0.5, 0.6) is 0 Å². The van der Waals surface area contributed by atoms with Crippen LogP contribution in [-0.2, 0) is 9.53 Å². The van der Waals surface area contributed by atoms with Gasteiger partial charge in [0.1, 0.15) is 11.4 Å². The van der Waals surface area contributed by atoms with Crippen LogP contribution in [0, 0.1) is 5.92 Å². The maximum Gasteiger partial charge on any atom is 0.416 e. The van der Waals surface area contributed by atoms with Gasteiger partial charge in [-0.2, -0.15) is 4.39 Å². The molecule has 0 radical (unpaired) electrons. The second-order valence-corrected chi connectivity index (χ2v) is 9.80. The summed E-state index contributed by atoms with van der Waals surface area (Å²) in [4.78, 5) is 32.1.